The van der Waals surface area contributed by atoms with E-state index < -0.39 is 0 Å². The number of hydrogen-bond donors (Lipinski definition) is 1. The highest BCUT2D eigenvalue weighted by atomic mass is 79.9. The highest BCUT2D eigenvalue weighted by Crippen LogP contribution is 2.36. The Hall–Kier alpha value is -1.29. The van der Waals surface area contributed by atoms with Gasteiger partial charge in [-0.25, -0.2) is 4.68 Å². The molecule has 1 aromatic heterocycles. The molecule has 0 aliphatic carbocycles. The topological polar surface area (TPSA) is 29.9 Å². The number of hydrogen-bond acceptors (Lipinski definition) is 2. The smallest absolute Gasteiger partial charge is 0.139 e. The molecule has 1 aromatic carbocycles. The van der Waals surface area contributed by atoms with Crippen LogP contribution in [0.15, 0.2) is 28.7 Å². The van der Waals surface area contributed by atoms with Crippen molar-refractivity contribution in [3.8, 4) is 0 Å². The minimum absolute atomic E-state index is 0.342. The third-order valence-electron chi connectivity index (χ3n) is 3.81. The zero-order chi connectivity index (χ0) is 13.4. The molecule has 100 valence electrons. The zero-order valence-electron chi connectivity index (χ0n) is 11.3. The largest absolute Gasteiger partial charge is 0.369 e. The molecule has 1 unspecified atom stereocenters. The van der Waals surface area contributed by atoms with Gasteiger partial charge in [-0.1, -0.05) is 31.2 Å². The molecule has 4 heteroatoms. The van der Waals surface area contributed by atoms with Gasteiger partial charge in [-0.3, -0.25) is 0 Å². The lowest BCUT2D eigenvalue weighted by molar-refractivity contribution is 0.476. The van der Waals surface area contributed by atoms with Gasteiger partial charge in [0, 0.05) is 6.54 Å². The summed E-state index contributed by atoms with van der Waals surface area (Å²) in [4.78, 5) is 0. The van der Waals surface area contributed by atoms with E-state index in [0.717, 1.165) is 35.4 Å². The van der Waals surface area contributed by atoms with E-state index in [1.165, 1.54) is 11.1 Å². The molecular formula is C15H18BrN3. The lowest BCUT2D eigenvalue weighted by Gasteiger charge is -2.27. The van der Waals surface area contributed by atoms with Crippen molar-refractivity contribution >= 4 is 21.7 Å². The Bertz CT molecular complexity index is 603. The van der Waals surface area contributed by atoms with Crippen LogP contribution in [0, 0.1) is 6.92 Å². The first kappa shape index (κ1) is 12.7. The Labute approximate surface area is 122 Å². The molecule has 3 nitrogen and oxygen atoms in total. The first-order valence-electron chi connectivity index (χ1n) is 6.78. The maximum atomic E-state index is 4.78. The van der Waals surface area contributed by atoms with Gasteiger partial charge in [0.1, 0.15) is 5.82 Å². The van der Waals surface area contributed by atoms with E-state index in [4.69, 9.17) is 5.10 Å². The summed E-state index contributed by atoms with van der Waals surface area (Å²) in [5.41, 5.74) is 3.84. The van der Waals surface area contributed by atoms with Gasteiger partial charge in [0.25, 0.3) is 0 Å². The van der Waals surface area contributed by atoms with Crippen LogP contribution in [0.3, 0.4) is 0 Å². The van der Waals surface area contributed by atoms with E-state index in [9.17, 15) is 0 Å². The van der Waals surface area contributed by atoms with Crippen molar-refractivity contribution in [3.63, 3.8) is 0 Å². The second-order valence-corrected chi connectivity index (χ2v) is 5.79. The molecule has 0 bridgehead atoms. The third-order valence-corrected chi connectivity index (χ3v) is 4.64. The van der Waals surface area contributed by atoms with Crippen LogP contribution in [0.4, 0.5) is 5.82 Å². The minimum atomic E-state index is 0.342. The molecule has 0 amide bonds. The third kappa shape index (κ3) is 2.08. The van der Waals surface area contributed by atoms with Crippen molar-refractivity contribution in [3.05, 3.63) is 45.6 Å². The highest BCUT2D eigenvalue weighted by Gasteiger charge is 2.26. The zero-order valence-corrected chi connectivity index (χ0v) is 12.9. The number of anilines is 1. The van der Waals surface area contributed by atoms with Gasteiger partial charge < -0.3 is 5.32 Å². The summed E-state index contributed by atoms with van der Waals surface area (Å²) in [6, 6.07) is 8.95. The normalized spacial score (nSPS) is 17.9. The molecule has 1 N–H and O–H groups in total. The monoisotopic (exact) mass is 319 g/mol. The SMILES string of the molecule is CCc1nn2c(c1Br)NCCC2c1ccccc1C. The van der Waals surface area contributed by atoms with Gasteiger partial charge >= 0.3 is 0 Å². The molecule has 2 aromatic rings. The van der Waals surface area contributed by atoms with Crippen LogP contribution in [-0.2, 0) is 6.42 Å². The Kier molecular flexibility index (Phi) is 3.35. The van der Waals surface area contributed by atoms with Gasteiger partial charge in [0.15, 0.2) is 0 Å². The van der Waals surface area contributed by atoms with Crippen LogP contribution < -0.4 is 5.32 Å². The lowest BCUT2D eigenvalue weighted by atomic mass is 9.98. The maximum absolute atomic E-state index is 4.78. The van der Waals surface area contributed by atoms with E-state index in [1.54, 1.807) is 0 Å². The molecule has 0 radical (unpaired) electrons. The van der Waals surface area contributed by atoms with Gasteiger partial charge in [-0.15, -0.1) is 0 Å². The van der Waals surface area contributed by atoms with Crippen LogP contribution in [0.1, 0.15) is 36.2 Å². The number of benzene rings is 1. The first-order valence-corrected chi connectivity index (χ1v) is 7.58. The molecule has 0 spiro atoms. The van der Waals surface area contributed by atoms with Gasteiger partial charge in [0.2, 0.25) is 0 Å². The quantitative estimate of drug-likeness (QED) is 0.909. The number of nitrogens with one attached hydrogen (secondary N) is 1. The van der Waals surface area contributed by atoms with Crippen LogP contribution in [-0.4, -0.2) is 16.3 Å². The fraction of sp³-hybridized carbons (Fsp3) is 0.400. The fourth-order valence-corrected chi connectivity index (χ4v) is 3.45. The molecular weight excluding hydrogens is 302 g/mol. The van der Waals surface area contributed by atoms with E-state index in [-0.39, 0.29) is 0 Å². The Morgan fingerprint density at radius 3 is 2.95 bits per heavy atom. The summed E-state index contributed by atoms with van der Waals surface area (Å²) in [5, 5.41) is 8.23. The minimum Gasteiger partial charge on any atom is -0.369 e. The van der Waals surface area contributed by atoms with Crippen molar-refractivity contribution < 1.29 is 0 Å². The van der Waals surface area contributed by atoms with Crippen molar-refractivity contribution in [2.24, 2.45) is 0 Å². The lowest BCUT2D eigenvalue weighted by Crippen LogP contribution is -2.25. The average Bonchev–Trinajstić information content (AvgIpc) is 2.76. The fourth-order valence-electron chi connectivity index (χ4n) is 2.77. The molecule has 0 saturated carbocycles. The maximum Gasteiger partial charge on any atom is 0.139 e. The molecule has 1 atom stereocenters. The second kappa shape index (κ2) is 5.00. The van der Waals surface area contributed by atoms with Crippen molar-refractivity contribution in [2.45, 2.75) is 32.7 Å². The Balaban J connectivity index is 2.11. The van der Waals surface area contributed by atoms with E-state index in [0.29, 0.717) is 6.04 Å². The number of rotatable bonds is 2. The van der Waals surface area contributed by atoms with Crippen molar-refractivity contribution in [2.75, 3.05) is 11.9 Å². The summed E-state index contributed by atoms with van der Waals surface area (Å²) >= 11 is 3.67. The summed E-state index contributed by atoms with van der Waals surface area (Å²) < 4.78 is 3.27. The predicted molar refractivity (Wildman–Crippen MR) is 81.7 cm³/mol. The molecule has 19 heavy (non-hydrogen) atoms. The number of fused-ring (bicyclic) bond motifs is 1. The van der Waals surface area contributed by atoms with Gasteiger partial charge in [0.05, 0.1) is 16.2 Å². The first-order chi connectivity index (χ1) is 9.22. The second-order valence-electron chi connectivity index (χ2n) is 5.00. The number of aromatic nitrogens is 2. The average molecular weight is 320 g/mol. The summed E-state index contributed by atoms with van der Waals surface area (Å²) in [7, 11) is 0. The number of nitrogens with zero attached hydrogens (tertiary/aromatic N) is 2. The molecule has 0 saturated heterocycles. The van der Waals surface area contributed by atoms with Crippen LogP contribution in [0.25, 0.3) is 0 Å². The molecule has 1 aliphatic heterocycles. The van der Waals surface area contributed by atoms with Gasteiger partial charge in [-0.2, -0.15) is 5.10 Å². The number of halogens is 1. The Morgan fingerprint density at radius 2 is 2.21 bits per heavy atom. The Morgan fingerprint density at radius 1 is 1.42 bits per heavy atom. The van der Waals surface area contributed by atoms with E-state index in [2.05, 4.69) is 64.0 Å². The highest BCUT2D eigenvalue weighted by molar-refractivity contribution is 9.10. The van der Waals surface area contributed by atoms with Crippen LogP contribution in [0.2, 0.25) is 0 Å². The molecule has 1 aliphatic rings. The molecule has 2 heterocycles. The van der Waals surface area contributed by atoms with E-state index in [1.807, 2.05) is 0 Å². The van der Waals surface area contributed by atoms with Crippen molar-refractivity contribution in [1.29, 1.82) is 0 Å². The summed E-state index contributed by atoms with van der Waals surface area (Å²) in [6.07, 6.45) is 2.03. The molecule has 0 fully saturated rings. The predicted octanol–water partition coefficient (Wildman–Crippen LogP) is 3.92. The van der Waals surface area contributed by atoms with Gasteiger partial charge in [-0.05, 0) is 46.8 Å². The number of aryl methyl sites for hydroxylation is 2. The van der Waals surface area contributed by atoms with Crippen molar-refractivity contribution in [1.82, 2.24) is 9.78 Å². The van der Waals surface area contributed by atoms with Crippen LogP contribution >= 0.6 is 15.9 Å². The summed E-state index contributed by atoms with van der Waals surface area (Å²) in [6.45, 7) is 5.31. The standard InChI is InChI=1S/C15H18BrN3/c1-3-12-14(16)15-17-9-8-13(19(15)18-12)11-7-5-4-6-10(11)2/h4-7,13,17H,3,8-9H2,1-2H3. The van der Waals surface area contributed by atoms with E-state index >= 15 is 0 Å². The van der Waals surface area contributed by atoms with Crippen LogP contribution in [0.5, 0.6) is 0 Å². The summed E-state index contributed by atoms with van der Waals surface area (Å²) in [5.74, 6) is 1.12. The molecule has 3 rings (SSSR count).